The maximum atomic E-state index is 12.8. The fourth-order valence-corrected chi connectivity index (χ4v) is 3.74. The summed E-state index contributed by atoms with van der Waals surface area (Å²) in [5.74, 6) is 0.186. The van der Waals surface area contributed by atoms with Gasteiger partial charge in [0, 0.05) is 44.9 Å². The SMILES string of the molecule is CC(C)OCCCOC1CC(OCCC(=O)N(C)C(COCCC(=O)C(C)C)COCCC(=O)C(C)C)C1. The number of likely N-dealkylation sites (N-methyl/N-ethyl adjacent to an activating group) is 1. The molecule has 9 heteroatoms. The second-order valence-corrected chi connectivity index (χ2v) is 11.0. The molecule has 9 nitrogen and oxygen atoms in total. The van der Waals surface area contributed by atoms with Gasteiger partial charge in [-0.15, -0.1) is 0 Å². The van der Waals surface area contributed by atoms with E-state index >= 15 is 0 Å². The zero-order chi connectivity index (χ0) is 28.5. The lowest BCUT2D eigenvalue weighted by molar-refractivity contribution is -0.140. The molecule has 0 unspecified atom stereocenters. The number of carbonyl (C=O) groups excluding carboxylic acids is 3. The van der Waals surface area contributed by atoms with Crippen molar-refractivity contribution in [1.82, 2.24) is 4.90 Å². The van der Waals surface area contributed by atoms with Crippen molar-refractivity contribution in [3.63, 3.8) is 0 Å². The van der Waals surface area contributed by atoms with Crippen LogP contribution in [0.2, 0.25) is 0 Å². The topological polar surface area (TPSA) is 101 Å². The minimum Gasteiger partial charge on any atom is -0.379 e. The zero-order valence-corrected chi connectivity index (χ0v) is 24.9. The van der Waals surface area contributed by atoms with Crippen LogP contribution in [0, 0.1) is 11.8 Å². The van der Waals surface area contributed by atoms with Crippen LogP contribution in [-0.2, 0) is 38.1 Å². The normalized spacial score (nSPS) is 17.4. The summed E-state index contributed by atoms with van der Waals surface area (Å²) in [5.41, 5.74) is 0. The summed E-state index contributed by atoms with van der Waals surface area (Å²) in [5, 5.41) is 0. The Bertz CT molecular complexity index is 647. The van der Waals surface area contributed by atoms with Gasteiger partial charge in [0.1, 0.15) is 11.6 Å². The molecule has 1 amide bonds. The highest BCUT2D eigenvalue weighted by Gasteiger charge is 2.31. The number of hydrogen-bond acceptors (Lipinski definition) is 8. The summed E-state index contributed by atoms with van der Waals surface area (Å²) >= 11 is 0. The van der Waals surface area contributed by atoms with Crippen LogP contribution in [0.15, 0.2) is 0 Å². The van der Waals surface area contributed by atoms with Crippen LogP contribution in [-0.4, -0.2) is 100 Å². The van der Waals surface area contributed by atoms with Crippen LogP contribution in [0.4, 0.5) is 0 Å². The molecule has 0 saturated heterocycles. The minimum atomic E-state index is -0.313. The van der Waals surface area contributed by atoms with Gasteiger partial charge in [-0.25, -0.2) is 0 Å². The fraction of sp³-hybridized carbons (Fsp3) is 0.897. The Labute approximate surface area is 230 Å². The number of ether oxygens (including phenoxy) is 5. The molecule has 1 aliphatic carbocycles. The van der Waals surface area contributed by atoms with E-state index in [1.54, 1.807) is 11.9 Å². The Morgan fingerprint density at radius 3 is 1.68 bits per heavy atom. The van der Waals surface area contributed by atoms with E-state index in [9.17, 15) is 14.4 Å². The molecule has 0 N–H and O–H groups in total. The summed E-state index contributed by atoms with van der Waals surface area (Å²) in [6, 6.07) is -0.313. The van der Waals surface area contributed by atoms with E-state index in [2.05, 4.69) is 0 Å². The first-order valence-electron chi connectivity index (χ1n) is 14.3. The van der Waals surface area contributed by atoms with Crippen LogP contribution in [0.25, 0.3) is 0 Å². The molecule has 0 atom stereocenters. The third kappa shape index (κ3) is 15.3. The molecule has 1 saturated carbocycles. The summed E-state index contributed by atoms with van der Waals surface area (Å²) in [7, 11) is 1.73. The van der Waals surface area contributed by atoms with E-state index in [1.165, 1.54) is 0 Å². The molecule has 1 fully saturated rings. The Kier molecular flexibility index (Phi) is 17.9. The molecule has 0 aromatic carbocycles. The van der Waals surface area contributed by atoms with Crippen LogP contribution in [0.3, 0.4) is 0 Å². The molecule has 0 radical (unpaired) electrons. The highest BCUT2D eigenvalue weighted by Crippen LogP contribution is 2.26. The van der Waals surface area contributed by atoms with Crippen LogP contribution in [0.5, 0.6) is 0 Å². The third-order valence-corrected chi connectivity index (χ3v) is 6.65. The monoisotopic (exact) mass is 543 g/mol. The van der Waals surface area contributed by atoms with Gasteiger partial charge in [-0.3, -0.25) is 14.4 Å². The molecule has 222 valence electrons. The predicted octanol–water partition coefficient (Wildman–Crippen LogP) is 3.85. The Morgan fingerprint density at radius 1 is 0.711 bits per heavy atom. The highest BCUT2D eigenvalue weighted by molar-refractivity contribution is 5.80. The maximum absolute atomic E-state index is 12.8. The minimum absolute atomic E-state index is 0.0256. The molecule has 38 heavy (non-hydrogen) atoms. The first-order chi connectivity index (χ1) is 18.0. The Hall–Kier alpha value is -1.39. The standard InChI is InChI=1S/C29H53NO8/c1-21(2)27(31)9-14-34-19-24(20-35-15-10-28(32)22(3)4)30(7)29(33)11-16-38-26-17-25(18-26)37-13-8-12-36-23(5)6/h21-26H,8-20H2,1-7H3. The number of Topliss-reactive ketones (excluding diaryl/α,β-unsaturated/α-hetero) is 2. The summed E-state index contributed by atoms with van der Waals surface area (Å²) in [6.07, 6.45) is 4.14. The van der Waals surface area contributed by atoms with Crippen LogP contribution in [0.1, 0.15) is 80.1 Å². The van der Waals surface area contributed by atoms with Crippen molar-refractivity contribution in [2.75, 3.05) is 53.3 Å². The van der Waals surface area contributed by atoms with E-state index in [4.69, 9.17) is 23.7 Å². The van der Waals surface area contributed by atoms with Crippen molar-refractivity contribution in [2.45, 2.75) is 104 Å². The van der Waals surface area contributed by atoms with Gasteiger partial charge >= 0.3 is 0 Å². The average Bonchev–Trinajstić information content (AvgIpc) is 2.83. The second kappa shape index (κ2) is 19.6. The number of amides is 1. The van der Waals surface area contributed by atoms with Gasteiger partial charge in [-0.05, 0) is 33.1 Å². The molecule has 1 aliphatic rings. The number of nitrogens with zero attached hydrogens (tertiary/aromatic N) is 1. The van der Waals surface area contributed by atoms with E-state index in [0.29, 0.717) is 45.9 Å². The predicted molar refractivity (Wildman–Crippen MR) is 146 cm³/mol. The van der Waals surface area contributed by atoms with E-state index < -0.39 is 0 Å². The second-order valence-electron chi connectivity index (χ2n) is 11.0. The van der Waals surface area contributed by atoms with Gasteiger partial charge in [0.2, 0.25) is 5.91 Å². The lowest BCUT2D eigenvalue weighted by Gasteiger charge is -2.35. The van der Waals surface area contributed by atoms with Gasteiger partial charge in [0.15, 0.2) is 0 Å². The third-order valence-electron chi connectivity index (χ3n) is 6.65. The first kappa shape index (κ1) is 34.6. The Morgan fingerprint density at radius 2 is 1.21 bits per heavy atom. The molecule has 1 rings (SSSR count). The van der Waals surface area contributed by atoms with Crippen LogP contribution < -0.4 is 0 Å². The van der Waals surface area contributed by atoms with Crippen molar-refractivity contribution < 1.29 is 38.1 Å². The van der Waals surface area contributed by atoms with Gasteiger partial charge in [0.05, 0.1) is 63.8 Å². The molecular formula is C29H53NO8. The van der Waals surface area contributed by atoms with Crippen LogP contribution >= 0.6 is 0 Å². The molecule has 0 aromatic rings. The molecule has 0 bridgehead atoms. The lowest BCUT2D eigenvalue weighted by Crippen LogP contribution is -2.44. The first-order valence-corrected chi connectivity index (χ1v) is 14.3. The van der Waals surface area contributed by atoms with Gasteiger partial charge in [-0.2, -0.15) is 0 Å². The van der Waals surface area contributed by atoms with Crippen molar-refractivity contribution in [2.24, 2.45) is 11.8 Å². The van der Waals surface area contributed by atoms with Crippen molar-refractivity contribution in [3.8, 4) is 0 Å². The number of hydrogen-bond donors (Lipinski definition) is 0. The van der Waals surface area contributed by atoms with Crippen molar-refractivity contribution in [1.29, 1.82) is 0 Å². The Balaban J connectivity index is 2.35. The molecule has 0 heterocycles. The number of carbonyl (C=O) groups is 3. The molecule has 0 aromatic heterocycles. The van der Waals surface area contributed by atoms with E-state index in [-0.39, 0.29) is 73.3 Å². The smallest absolute Gasteiger partial charge is 0.225 e. The maximum Gasteiger partial charge on any atom is 0.225 e. The molecular weight excluding hydrogens is 490 g/mol. The fourth-order valence-electron chi connectivity index (χ4n) is 3.74. The van der Waals surface area contributed by atoms with Gasteiger partial charge in [-0.1, -0.05) is 27.7 Å². The average molecular weight is 544 g/mol. The quantitative estimate of drug-likeness (QED) is 0.179. The number of ketones is 2. The van der Waals surface area contributed by atoms with E-state index in [1.807, 2.05) is 41.5 Å². The van der Waals surface area contributed by atoms with E-state index in [0.717, 1.165) is 19.3 Å². The summed E-state index contributed by atoms with van der Waals surface area (Å²) < 4.78 is 28.7. The summed E-state index contributed by atoms with van der Waals surface area (Å²) in [4.78, 5) is 38.2. The van der Waals surface area contributed by atoms with Crippen molar-refractivity contribution in [3.05, 3.63) is 0 Å². The molecule has 0 spiro atoms. The van der Waals surface area contributed by atoms with Gasteiger partial charge < -0.3 is 28.6 Å². The summed E-state index contributed by atoms with van der Waals surface area (Å²) in [6.45, 7) is 14.4. The highest BCUT2D eigenvalue weighted by atomic mass is 16.5. The largest absolute Gasteiger partial charge is 0.379 e. The zero-order valence-electron chi connectivity index (χ0n) is 24.9. The number of rotatable bonds is 23. The lowest BCUT2D eigenvalue weighted by atomic mass is 9.92. The molecule has 0 aliphatic heterocycles. The van der Waals surface area contributed by atoms with Gasteiger partial charge in [0.25, 0.3) is 0 Å². The van der Waals surface area contributed by atoms with Crippen molar-refractivity contribution >= 4 is 17.5 Å².